The van der Waals surface area contributed by atoms with Gasteiger partial charge in [-0.05, 0) is 39.5 Å². The zero-order valence-electron chi connectivity index (χ0n) is 16.5. The monoisotopic (exact) mass is 471 g/mol. The molecule has 1 aliphatic heterocycles. The predicted octanol–water partition coefficient (Wildman–Crippen LogP) is 2.80. The fraction of sp³-hybridized carbons (Fsp3) is 0.944. The van der Waals surface area contributed by atoms with Crippen molar-refractivity contribution in [2.24, 2.45) is 10.9 Å². The average Bonchev–Trinajstić information content (AvgIpc) is 3.05. The van der Waals surface area contributed by atoms with Crippen LogP contribution in [0.3, 0.4) is 0 Å². The zero-order valence-corrected chi connectivity index (χ0v) is 18.9. The van der Waals surface area contributed by atoms with Gasteiger partial charge in [0.15, 0.2) is 5.96 Å². The average molecular weight is 471 g/mol. The first-order chi connectivity index (χ1) is 11.6. The van der Waals surface area contributed by atoms with Crippen LogP contribution in [-0.2, 0) is 14.2 Å². The van der Waals surface area contributed by atoms with Gasteiger partial charge in [0.2, 0.25) is 0 Å². The number of aliphatic imine (C=N–C) groups is 1. The van der Waals surface area contributed by atoms with Crippen LogP contribution in [0, 0.1) is 5.92 Å². The molecule has 0 aromatic carbocycles. The highest BCUT2D eigenvalue weighted by Crippen LogP contribution is 2.11. The standard InChI is InChI=1S/C18H37N3O3.HI/c1-6-19-18(20-10-8-17(14(3)4)23-7-2)21-15(5)12-24-16-9-11-22-13-16;/h14-17H,6-13H2,1-5H3,(H2,19,20,21);1H. The van der Waals surface area contributed by atoms with Gasteiger partial charge < -0.3 is 24.8 Å². The third kappa shape index (κ3) is 11.2. The fourth-order valence-corrected chi connectivity index (χ4v) is 2.65. The van der Waals surface area contributed by atoms with E-state index in [2.05, 4.69) is 43.3 Å². The molecule has 0 aliphatic carbocycles. The van der Waals surface area contributed by atoms with Crippen molar-refractivity contribution in [3.8, 4) is 0 Å². The highest BCUT2D eigenvalue weighted by molar-refractivity contribution is 14.0. The Balaban J connectivity index is 0.00000576. The Morgan fingerprint density at radius 1 is 1.28 bits per heavy atom. The van der Waals surface area contributed by atoms with E-state index in [9.17, 15) is 0 Å². The van der Waals surface area contributed by atoms with Crippen molar-refractivity contribution in [2.45, 2.75) is 65.7 Å². The van der Waals surface area contributed by atoms with Crippen LogP contribution in [0.4, 0.5) is 0 Å². The smallest absolute Gasteiger partial charge is 0.191 e. The number of guanidine groups is 1. The van der Waals surface area contributed by atoms with Crippen molar-refractivity contribution < 1.29 is 14.2 Å². The third-order valence-electron chi connectivity index (χ3n) is 4.01. The number of hydrogen-bond donors (Lipinski definition) is 2. The Bertz CT molecular complexity index is 350. The topological polar surface area (TPSA) is 64.1 Å². The molecule has 3 unspecified atom stereocenters. The Morgan fingerprint density at radius 2 is 2.04 bits per heavy atom. The minimum absolute atomic E-state index is 0. The molecule has 6 nitrogen and oxygen atoms in total. The highest BCUT2D eigenvalue weighted by Gasteiger charge is 2.17. The van der Waals surface area contributed by atoms with Crippen molar-refractivity contribution in [1.29, 1.82) is 0 Å². The van der Waals surface area contributed by atoms with E-state index in [4.69, 9.17) is 14.2 Å². The summed E-state index contributed by atoms with van der Waals surface area (Å²) in [5, 5.41) is 6.70. The van der Waals surface area contributed by atoms with Gasteiger partial charge in [-0.3, -0.25) is 4.99 Å². The molecule has 1 aliphatic rings. The molecule has 3 atom stereocenters. The second kappa shape index (κ2) is 15.0. The number of nitrogens with one attached hydrogen (secondary N) is 2. The van der Waals surface area contributed by atoms with Crippen LogP contribution in [0.1, 0.15) is 47.5 Å². The zero-order chi connectivity index (χ0) is 17.8. The van der Waals surface area contributed by atoms with Crippen LogP contribution in [0.5, 0.6) is 0 Å². The van der Waals surface area contributed by atoms with E-state index in [1.54, 1.807) is 0 Å². The highest BCUT2D eigenvalue weighted by atomic mass is 127. The Hall–Kier alpha value is -0.120. The van der Waals surface area contributed by atoms with Crippen molar-refractivity contribution >= 4 is 29.9 Å². The first-order valence-electron chi connectivity index (χ1n) is 9.42. The van der Waals surface area contributed by atoms with Crippen LogP contribution in [0.25, 0.3) is 0 Å². The summed E-state index contributed by atoms with van der Waals surface area (Å²) in [4.78, 5) is 4.67. The number of hydrogen-bond acceptors (Lipinski definition) is 4. The lowest BCUT2D eigenvalue weighted by Gasteiger charge is -2.21. The molecule has 7 heteroatoms. The Labute approximate surface area is 170 Å². The third-order valence-corrected chi connectivity index (χ3v) is 4.01. The normalized spacial score (nSPS) is 20.2. The molecule has 1 rings (SSSR count). The second-order valence-electron chi connectivity index (χ2n) is 6.65. The number of rotatable bonds is 11. The van der Waals surface area contributed by atoms with E-state index in [1.807, 2.05) is 6.92 Å². The molecule has 2 N–H and O–H groups in total. The minimum atomic E-state index is 0. The maximum atomic E-state index is 5.86. The summed E-state index contributed by atoms with van der Waals surface area (Å²) < 4.78 is 17.0. The van der Waals surface area contributed by atoms with Gasteiger partial charge in [-0.25, -0.2) is 0 Å². The minimum Gasteiger partial charge on any atom is -0.379 e. The van der Waals surface area contributed by atoms with Crippen molar-refractivity contribution in [2.75, 3.05) is 39.5 Å². The predicted molar refractivity (Wildman–Crippen MR) is 114 cm³/mol. The molecule has 0 bridgehead atoms. The summed E-state index contributed by atoms with van der Waals surface area (Å²) in [6, 6.07) is 0.205. The fourth-order valence-electron chi connectivity index (χ4n) is 2.65. The van der Waals surface area contributed by atoms with Crippen molar-refractivity contribution in [1.82, 2.24) is 10.6 Å². The van der Waals surface area contributed by atoms with Gasteiger partial charge in [-0.15, -0.1) is 24.0 Å². The van der Waals surface area contributed by atoms with Gasteiger partial charge in [0.05, 0.1) is 25.4 Å². The SMILES string of the molecule is CCNC(=NCCC(OCC)C(C)C)NC(C)COC1CCOC1.I. The van der Waals surface area contributed by atoms with E-state index >= 15 is 0 Å². The maximum Gasteiger partial charge on any atom is 0.191 e. The van der Waals surface area contributed by atoms with Crippen molar-refractivity contribution in [3.05, 3.63) is 0 Å². The van der Waals surface area contributed by atoms with E-state index in [1.165, 1.54) is 0 Å². The summed E-state index contributed by atoms with van der Waals surface area (Å²) in [5.74, 6) is 1.35. The molecular formula is C18H38IN3O3. The van der Waals surface area contributed by atoms with E-state index in [-0.39, 0.29) is 42.2 Å². The summed E-state index contributed by atoms with van der Waals surface area (Å²) in [7, 11) is 0. The Kier molecular flexibility index (Phi) is 14.9. The first kappa shape index (κ1) is 24.9. The van der Waals surface area contributed by atoms with Crippen LogP contribution in [0.2, 0.25) is 0 Å². The quantitative estimate of drug-likeness (QED) is 0.276. The van der Waals surface area contributed by atoms with Gasteiger partial charge in [-0.1, -0.05) is 13.8 Å². The summed E-state index contributed by atoms with van der Waals surface area (Å²) in [6.45, 7) is 15.2. The number of halogens is 1. The van der Waals surface area contributed by atoms with Crippen molar-refractivity contribution in [3.63, 3.8) is 0 Å². The van der Waals surface area contributed by atoms with E-state index < -0.39 is 0 Å². The Morgan fingerprint density at radius 3 is 2.60 bits per heavy atom. The molecule has 25 heavy (non-hydrogen) atoms. The molecule has 0 saturated carbocycles. The molecule has 0 aromatic heterocycles. The molecule has 0 radical (unpaired) electrons. The summed E-state index contributed by atoms with van der Waals surface area (Å²) in [5.41, 5.74) is 0. The number of nitrogens with zero attached hydrogens (tertiary/aromatic N) is 1. The van der Waals surface area contributed by atoms with Gasteiger partial charge in [-0.2, -0.15) is 0 Å². The summed E-state index contributed by atoms with van der Waals surface area (Å²) >= 11 is 0. The number of ether oxygens (including phenoxy) is 3. The van der Waals surface area contributed by atoms with Gasteiger partial charge in [0, 0.05) is 32.3 Å². The molecular weight excluding hydrogens is 433 g/mol. The maximum absolute atomic E-state index is 5.86. The first-order valence-corrected chi connectivity index (χ1v) is 9.42. The van der Waals surface area contributed by atoms with Crippen LogP contribution in [-0.4, -0.2) is 63.7 Å². The molecule has 0 spiro atoms. The van der Waals surface area contributed by atoms with E-state index in [0.717, 1.165) is 51.7 Å². The van der Waals surface area contributed by atoms with Crippen LogP contribution in [0.15, 0.2) is 4.99 Å². The molecule has 0 amide bonds. The molecule has 1 fully saturated rings. The van der Waals surface area contributed by atoms with E-state index in [0.29, 0.717) is 12.5 Å². The molecule has 0 aromatic rings. The van der Waals surface area contributed by atoms with Gasteiger partial charge in [0.25, 0.3) is 0 Å². The lowest BCUT2D eigenvalue weighted by molar-refractivity contribution is 0.0266. The summed E-state index contributed by atoms with van der Waals surface area (Å²) in [6.07, 6.45) is 2.44. The van der Waals surface area contributed by atoms with Gasteiger partial charge >= 0.3 is 0 Å². The largest absolute Gasteiger partial charge is 0.379 e. The lowest BCUT2D eigenvalue weighted by atomic mass is 10.0. The van der Waals surface area contributed by atoms with Gasteiger partial charge in [0.1, 0.15) is 0 Å². The molecule has 1 heterocycles. The van der Waals surface area contributed by atoms with Crippen LogP contribution < -0.4 is 10.6 Å². The van der Waals surface area contributed by atoms with Crippen LogP contribution >= 0.6 is 24.0 Å². The molecule has 1 saturated heterocycles. The molecule has 150 valence electrons. The lowest BCUT2D eigenvalue weighted by Crippen LogP contribution is -2.44. The second-order valence-corrected chi connectivity index (χ2v) is 6.65.